The van der Waals surface area contributed by atoms with Crippen molar-refractivity contribution in [2.24, 2.45) is 4.99 Å². The maximum Gasteiger partial charge on any atom is 0.191 e. The molecule has 0 aromatic carbocycles. The molecule has 0 aliphatic carbocycles. The van der Waals surface area contributed by atoms with Gasteiger partial charge in [0, 0.05) is 44.5 Å². The Balaban J connectivity index is 0.00000220. The molecule has 0 atom stereocenters. The van der Waals surface area contributed by atoms with Crippen molar-refractivity contribution in [2.75, 3.05) is 37.6 Å². The molecular weight excluding hydrogens is 397 g/mol. The first kappa shape index (κ1) is 18.5. The number of guanidine groups is 1. The van der Waals surface area contributed by atoms with Gasteiger partial charge in [0.2, 0.25) is 0 Å². The van der Waals surface area contributed by atoms with E-state index in [9.17, 15) is 0 Å². The molecule has 2 heterocycles. The molecule has 120 valence electrons. The van der Waals surface area contributed by atoms with Crippen LogP contribution in [0.2, 0.25) is 0 Å². The zero-order valence-electron chi connectivity index (χ0n) is 12.9. The number of aromatic nitrogens is 1. The molecule has 7 heteroatoms. The first-order chi connectivity index (χ1) is 9.83. The number of anilines is 1. The second kappa shape index (κ2) is 10.2. The summed E-state index contributed by atoms with van der Waals surface area (Å²) in [6, 6.07) is 0. The van der Waals surface area contributed by atoms with Gasteiger partial charge in [-0.15, -0.1) is 35.3 Å². The maximum atomic E-state index is 4.72. The van der Waals surface area contributed by atoms with Gasteiger partial charge in [-0.1, -0.05) is 0 Å². The fourth-order valence-electron chi connectivity index (χ4n) is 2.26. The molecule has 2 rings (SSSR count). The Kier molecular flexibility index (Phi) is 8.98. The molecule has 0 saturated carbocycles. The Bertz CT molecular complexity index is 421. The Morgan fingerprint density at radius 3 is 2.57 bits per heavy atom. The molecule has 1 aliphatic heterocycles. The highest BCUT2D eigenvalue weighted by molar-refractivity contribution is 14.0. The van der Waals surface area contributed by atoms with Crippen molar-refractivity contribution >= 4 is 46.4 Å². The number of hydrogen-bond acceptors (Lipinski definition) is 4. The van der Waals surface area contributed by atoms with E-state index in [1.54, 1.807) is 11.3 Å². The molecule has 1 aromatic heterocycles. The van der Waals surface area contributed by atoms with Crippen LogP contribution in [0.1, 0.15) is 32.4 Å². The van der Waals surface area contributed by atoms with Crippen LogP contribution in [-0.2, 0) is 6.42 Å². The van der Waals surface area contributed by atoms with Crippen LogP contribution in [0.5, 0.6) is 0 Å². The molecular formula is C14H26IN5S. The van der Waals surface area contributed by atoms with Crippen LogP contribution in [0, 0.1) is 0 Å². The van der Waals surface area contributed by atoms with Crippen molar-refractivity contribution in [1.82, 2.24) is 15.6 Å². The number of nitrogens with zero attached hydrogens (tertiary/aromatic N) is 3. The molecule has 0 amide bonds. The van der Waals surface area contributed by atoms with Crippen LogP contribution in [0.4, 0.5) is 5.13 Å². The van der Waals surface area contributed by atoms with Crippen LogP contribution in [-0.4, -0.2) is 43.7 Å². The van der Waals surface area contributed by atoms with Gasteiger partial charge in [-0.2, -0.15) is 0 Å². The van der Waals surface area contributed by atoms with Gasteiger partial charge in [-0.25, -0.2) is 4.98 Å². The SMILES string of the molecule is CCNC(=NCCc1csc(N2CCCC2)n1)NCC.I. The lowest BCUT2D eigenvalue weighted by molar-refractivity contribution is 0.828. The summed E-state index contributed by atoms with van der Waals surface area (Å²) in [5, 5.41) is 9.82. The molecule has 2 N–H and O–H groups in total. The van der Waals surface area contributed by atoms with Crippen LogP contribution in [0.15, 0.2) is 10.4 Å². The van der Waals surface area contributed by atoms with Crippen molar-refractivity contribution in [1.29, 1.82) is 0 Å². The average Bonchev–Trinajstić information content (AvgIpc) is 3.10. The summed E-state index contributed by atoms with van der Waals surface area (Å²) in [6.07, 6.45) is 3.51. The van der Waals surface area contributed by atoms with Gasteiger partial charge in [0.05, 0.1) is 5.69 Å². The largest absolute Gasteiger partial charge is 0.357 e. The van der Waals surface area contributed by atoms with Crippen LogP contribution in [0.25, 0.3) is 0 Å². The fourth-order valence-corrected chi connectivity index (χ4v) is 3.17. The highest BCUT2D eigenvalue weighted by atomic mass is 127. The van der Waals surface area contributed by atoms with Gasteiger partial charge < -0.3 is 15.5 Å². The van der Waals surface area contributed by atoms with Crippen molar-refractivity contribution in [3.8, 4) is 0 Å². The molecule has 1 saturated heterocycles. The van der Waals surface area contributed by atoms with Gasteiger partial charge in [0.25, 0.3) is 0 Å². The van der Waals surface area contributed by atoms with Crippen LogP contribution < -0.4 is 15.5 Å². The zero-order valence-corrected chi connectivity index (χ0v) is 16.0. The summed E-state index contributed by atoms with van der Waals surface area (Å²) in [5.74, 6) is 0.894. The number of aliphatic imine (C=N–C) groups is 1. The molecule has 1 fully saturated rings. The summed E-state index contributed by atoms with van der Waals surface area (Å²) in [5.41, 5.74) is 1.16. The Labute approximate surface area is 148 Å². The van der Waals surface area contributed by atoms with Crippen molar-refractivity contribution in [3.63, 3.8) is 0 Å². The highest BCUT2D eigenvalue weighted by Crippen LogP contribution is 2.24. The Morgan fingerprint density at radius 1 is 1.29 bits per heavy atom. The molecule has 0 unspecified atom stereocenters. The summed E-state index contributed by atoms with van der Waals surface area (Å²) < 4.78 is 0. The third-order valence-electron chi connectivity index (χ3n) is 3.24. The average molecular weight is 423 g/mol. The second-order valence-electron chi connectivity index (χ2n) is 4.86. The molecule has 0 radical (unpaired) electrons. The van der Waals surface area contributed by atoms with Crippen LogP contribution >= 0.6 is 35.3 Å². The van der Waals surface area contributed by atoms with E-state index in [0.717, 1.165) is 50.8 Å². The number of thiazole rings is 1. The Morgan fingerprint density at radius 2 is 1.95 bits per heavy atom. The van der Waals surface area contributed by atoms with E-state index < -0.39 is 0 Å². The minimum absolute atomic E-state index is 0. The van der Waals surface area contributed by atoms with Crippen molar-refractivity contribution in [2.45, 2.75) is 33.1 Å². The summed E-state index contributed by atoms with van der Waals surface area (Å²) in [7, 11) is 0. The predicted octanol–water partition coefficient (Wildman–Crippen LogP) is 2.48. The molecule has 5 nitrogen and oxygen atoms in total. The van der Waals surface area contributed by atoms with Crippen molar-refractivity contribution < 1.29 is 0 Å². The lowest BCUT2D eigenvalue weighted by Crippen LogP contribution is -2.37. The quantitative estimate of drug-likeness (QED) is 0.420. The third kappa shape index (κ3) is 5.98. The molecule has 21 heavy (non-hydrogen) atoms. The van der Waals surface area contributed by atoms with E-state index in [0.29, 0.717) is 0 Å². The van der Waals surface area contributed by atoms with E-state index in [1.165, 1.54) is 18.0 Å². The number of halogens is 1. The van der Waals surface area contributed by atoms with E-state index in [2.05, 4.69) is 39.8 Å². The molecule has 0 spiro atoms. The summed E-state index contributed by atoms with van der Waals surface area (Å²) in [6.45, 7) is 9.04. The predicted molar refractivity (Wildman–Crippen MR) is 102 cm³/mol. The van der Waals surface area contributed by atoms with Gasteiger partial charge in [-0.3, -0.25) is 4.99 Å². The number of rotatable bonds is 6. The van der Waals surface area contributed by atoms with Gasteiger partial charge >= 0.3 is 0 Å². The highest BCUT2D eigenvalue weighted by Gasteiger charge is 2.15. The van der Waals surface area contributed by atoms with Crippen LogP contribution in [0.3, 0.4) is 0 Å². The van der Waals surface area contributed by atoms with Gasteiger partial charge in [0.1, 0.15) is 0 Å². The second-order valence-corrected chi connectivity index (χ2v) is 5.69. The lowest BCUT2D eigenvalue weighted by Gasteiger charge is -2.12. The smallest absolute Gasteiger partial charge is 0.191 e. The Hall–Kier alpha value is -0.570. The minimum Gasteiger partial charge on any atom is -0.357 e. The fraction of sp³-hybridized carbons (Fsp3) is 0.714. The maximum absolute atomic E-state index is 4.72. The third-order valence-corrected chi connectivity index (χ3v) is 4.19. The summed E-state index contributed by atoms with van der Waals surface area (Å²) >= 11 is 1.76. The summed E-state index contributed by atoms with van der Waals surface area (Å²) in [4.78, 5) is 11.7. The van der Waals surface area contributed by atoms with Gasteiger partial charge in [-0.05, 0) is 26.7 Å². The number of nitrogens with one attached hydrogen (secondary N) is 2. The molecule has 0 bridgehead atoms. The zero-order chi connectivity index (χ0) is 14.2. The van der Waals surface area contributed by atoms with Crippen molar-refractivity contribution in [3.05, 3.63) is 11.1 Å². The van der Waals surface area contributed by atoms with E-state index in [1.807, 2.05) is 0 Å². The molecule has 1 aliphatic rings. The number of hydrogen-bond donors (Lipinski definition) is 2. The standard InChI is InChI=1S/C14H25N5S.HI/c1-3-15-13(16-4-2)17-8-7-12-11-20-14(18-12)19-9-5-6-10-19;/h11H,3-10H2,1-2H3,(H2,15,16,17);1H. The first-order valence-corrected chi connectivity index (χ1v) is 8.43. The topological polar surface area (TPSA) is 52.6 Å². The monoisotopic (exact) mass is 423 g/mol. The lowest BCUT2D eigenvalue weighted by atomic mass is 10.3. The minimum atomic E-state index is 0. The first-order valence-electron chi connectivity index (χ1n) is 7.55. The molecule has 1 aromatic rings. The van der Waals surface area contributed by atoms with E-state index in [-0.39, 0.29) is 24.0 Å². The van der Waals surface area contributed by atoms with E-state index in [4.69, 9.17) is 4.98 Å². The van der Waals surface area contributed by atoms with Gasteiger partial charge in [0.15, 0.2) is 11.1 Å². The van der Waals surface area contributed by atoms with E-state index >= 15 is 0 Å². The normalized spacial score (nSPS) is 13.7.